The van der Waals surface area contributed by atoms with E-state index in [1.807, 2.05) is 6.07 Å². The summed E-state index contributed by atoms with van der Waals surface area (Å²) in [6, 6.07) is 4.42. The highest BCUT2D eigenvalue weighted by Gasteiger charge is 2.20. The number of pyridine rings is 1. The first-order chi connectivity index (χ1) is 7.25. The summed E-state index contributed by atoms with van der Waals surface area (Å²) in [6.07, 6.45) is 7.63. The fraction of sp³-hybridized carbons (Fsp3) is 0.583. The number of nitrogens with zero attached hydrogens (tertiary/aromatic N) is 1. The van der Waals surface area contributed by atoms with E-state index in [1.165, 1.54) is 24.8 Å². The van der Waals surface area contributed by atoms with Crippen molar-refractivity contribution in [3.63, 3.8) is 0 Å². The van der Waals surface area contributed by atoms with Gasteiger partial charge in [-0.2, -0.15) is 0 Å². The Kier molecular flexibility index (Phi) is 3.21. The Bertz CT molecular complexity index is 324. The fourth-order valence-electron chi connectivity index (χ4n) is 2.45. The number of aromatic nitrogens is 1. The first-order valence-corrected chi connectivity index (χ1v) is 5.70. The van der Waals surface area contributed by atoms with Crippen LogP contribution in [0, 0.1) is 5.92 Å². The van der Waals surface area contributed by atoms with Crippen LogP contribution in [-0.2, 0) is 6.42 Å². The molecule has 0 saturated heterocycles. The number of nitrogen functional groups attached to an aromatic ring is 1. The number of anilines is 1. The maximum atomic E-state index is 5.97. The molecule has 1 aromatic rings. The second-order valence-electron chi connectivity index (χ2n) is 4.54. The lowest BCUT2D eigenvalue weighted by Crippen LogP contribution is -2.28. The summed E-state index contributed by atoms with van der Waals surface area (Å²) in [5, 5.41) is 0. The van der Waals surface area contributed by atoms with Crippen LogP contribution in [0.4, 0.5) is 5.82 Å². The van der Waals surface area contributed by atoms with Crippen molar-refractivity contribution in [2.75, 3.05) is 5.73 Å². The van der Waals surface area contributed by atoms with Crippen LogP contribution >= 0.6 is 0 Å². The standard InChI is InChI=1S/C12H19N3/c13-11-5-1-3-9(8-11)7-10-4-2-6-15-12(10)14/h2,4,6,9,11H,1,3,5,7-8,13H2,(H2,14,15). The highest BCUT2D eigenvalue weighted by Crippen LogP contribution is 2.27. The normalized spacial score (nSPS) is 26.5. The minimum Gasteiger partial charge on any atom is -0.383 e. The second-order valence-corrected chi connectivity index (χ2v) is 4.54. The largest absolute Gasteiger partial charge is 0.383 e. The smallest absolute Gasteiger partial charge is 0.126 e. The molecule has 2 rings (SSSR count). The molecule has 3 heteroatoms. The summed E-state index contributed by atoms with van der Waals surface area (Å²) in [6.45, 7) is 0. The summed E-state index contributed by atoms with van der Waals surface area (Å²) in [5.41, 5.74) is 13.0. The van der Waals surface area contributed by atoms with E-state index in [0.29, 0.717) is 17.8 Å². The van der Waals surface area contributed by atoms with Crippen molar-refractivity contribution in [1.29, 1.82) is 0 Å². The molecule has 2 unspecified atom stereocenters. The summed E-state index contributed by atoms with van der Waals surface area (Å²) in [7, 11) is 0. The molecular weight excluding hydrogens is 186 g/mol. The molecule has 4 N–H and O–H groups in total. The number of nitrogens with two attached hydrogens (primary N) is 2. The predicted molar refractivity (Wildman–Crippen MR) is 62.3 cm³/mol. The van der Waals surface area contributed by atoms with Crippen molar-refractivity contribution in [3.05, 3.63) is 23.9 Å². The molecule has 1 aliphatic rings. The van der Waals surface area contributed by atoms with Crippen LogP contribution in [-0.4, -0.2) is 11.0 Å². The number of rotatable bonds is 2. The molecule has 82 valence electrons. The maximum Gasteiger partial charge on any atom is 0.126 e. The number of hydrogen-bond donors (Lipinski definition) is 2. The highest BCUT2D eigenvalue weighted by atomic mass is 14.8. The SMILES string of the molecule is Nc1ncccc1CC1CCCC(N)C1. The highest BCUT2D eigenvalue weighted by molar-refractivity contribution is 5.38. The van der Waals surface area contributed by atoms with E-state index >= 15 is 0 Å². The third-order valence-electron chi connectivity index (χ3n) is 3.26. The molecule has 1 heterocycles. The number of hydrogen-bond acceptors (Lipinski definition) is 3. The van der Waals surface area contributed by atoms with Crippen molar-refractivity contribution >= 4 is 5.82 Å². The Morgan fingerprint density at radius 2 is 2.27 bits per heavy atom. The third-order valence-corrected chi connectivity index (χ3v) is 3.26. The van der Waals surface area contributed by atoms with E-state index < -0.39 is 0 Å². The van der Waals surface area contributed by atoms with Gasteiger partial charge in [0.25, 0.3) is 0 Å². The summed E-state index contributed by atoms with van der Waals surface area (Å²) < 4.78 is 0. The van der Waals surface area contributed by atoms with E-state index in [4.69, 9.17) is 11.5 Å². The molecular formula is C12H19N3. The summed E-state index contributed by atoms with van der Waals surface area (Å²) in [5.74, 6) is 1.37. The average Bonchev–Trinajstić information content (AvgIpc) is 2.22. The summed E-state index contributed by atoms with van der Waals surface area (Å²) >= 11 is 0. The average molecular weight is 205 g/mol. The molecule has 1 aromatic heterocycles. The topological polar surface area (TPSA) is 64.9 Å². The van der Waals surface area contributed by atoms with E-state index in [1.54, 1.807) is 6.20 Å². The van der Waals surface area contributed by atoms with Crippen LogP contribution in [0.5, 0.6) is 0 Å². The van der Waals surface area contributed by atoms with Crippen LogP contribution in [0.3, 0.4) is 0 Å². The van der Waals surface area contributed by atoms with Gasteiger partial charge in [0.05, 0.1) is 0 Å². The lowest BCUT2D eigenvalue weighted by atomic mass is 9.82. The second kappa shape index (κ2) is 4.62. The molecule has 2 atom stereocenters. The van der Waals surface area contributed by atoms with Crippen molar-refractivity contribution in [1.82, 2.24) is 4.98 Å². The fourth-order valence-corrected chi connectivity index (χ4v) is 2.45. The van der Waals surface area contributed by atoms with Crippen LogP contribution < -0.4 is 11.5 Å². The first-order valence-electron chi connectivity index (χ1n) is 5.70. The van der Waals surface area contributed by atoms with Gasteiger partial charge in [0.15, 0.2) is 0 Å². The van der Waals surface area contributed by atoms with Crippen molar-refractivity contribution in [2.45, 2.75) is 38.1 Å². The predicted octanol–water partition coefficient (Wildman–Crippen LogP) is 1.72. The first kappa shape index (κ1) is 10.4. The zero-order valence-corrected chi connectivity index (χ0v) is 9.02. The van der Waals surface area contributed by atoms with Crippen LogP contribution in [0.15, 0.2) is 18.3 Å². The van der Waals surface area contributed by atoms with Crippen LogP contribution in [0.25, 0.3) is 0 Å². The molecule has 3 nitrogen and oxygen atoms in total. The van der Waals surface area contributed by atoms with Crippen molar-refractivity contribution in [2.24, 2.45) is 11.7 Å². The van der Waals surface area contributed by atoms with Gasteiger partial charge in [0.2, 0.25) is 0 Å². The van der Waals surface area contributed by atoms with Gasteiger partial charge >= 0.3 is 0 Å². The molecule has 0 spiro atoms. The Balaban J connectivity index is 1.99. The van der Waals surface area contributed by atoms with Gasteiger partial charge in [-0.05, 0) is 36.8 Å². The van der Waals surface area contributed by atoms with Gasteiger partial charge in [0.1, 0.15) is 5.82 Å². The quantitative estimate of drug-likeness (QED) is 0.772. The molecule has 0 aliphatic heterocycles. The van der Waals surface area contributed by atoms with Crippen LogP contribution in [0.1, 0.15) is 31.2 Å². The van der Waals surface area contributed by atoms with E-state index in [0.717, 1.165) is 12.8 Å². The Labute approximate surface area is 90.9 Å². The zero-order chi connectivity index (χ0) is 10.7. The molecule has 1 aliphatic carbocycles. The summed E-state index contributed by atoms with van der Waals surface area (Å²) in [4.78, 5) is 4.11. The zero-order valence-electron chi connectivity index (χ0n) is 9.02. The van der Waals surface area contributed by atoms with Gasteiger partial charge < -0.3 is 11.5 Å². The molecule has 1 fully saturated rings. The lowest BCUT2D eigenvalue weighted by molar-refractivity contribution is 0.321. The van der Waals surface area contributed by atoms with Gasteiger partial charge in [-0.15, -0.1) is 0 Å². The lowest BCUT2D eigenvalue weighted by Gasteiger charge is -2.26. The van der Waals surface area contributed by atoms with E-state index in [9.17, 15) is 0 Å². The van der Waals surface area contributed by atoms with Crippen LogP contribution in [0.2, 0.25) is 0 Å². The molecule has 15 heavy (non-hydrogen) atoms. The monoisotopic (exact) mass is 205 g/mol. The minimum absolute atomic E-state index is 0.390. The molecule has 0 aromatic carbocycles. The molecule has 0 amide bonds. The van der Waals surface area contributed by atoms with Gasteiger partial charge in [0, 0.05) is 12.2 Å². The molecule has 1 saturated carbocycles. The Morgan fingerprint density at radius 1 is 1.40 bits per heavy atom. The van der Waals surface area contributed by atoms with Crippen molar-refractivity contribution < 1.29 is 0 Å². The van der Waals surface area contributed by atoms with Gasteiger partial charge in [-0.3, -0.25) is 0 Å². The van der Waals surface area contributed by atoms with Gasteiger partial charge in [-0.25, -0.2) is 4.98 Å². The maximum absolute atomic E-state index is 5.97. The Hall–Kier alpha value is -1.09. The van der Waals surface area contributed by atoms with Gasteiger partial charge in [-0.1, -0.05) is 18.9 Å². The third kappa shape index (κ3) is 2.69. The van der Waals surface area contributed by atoms with Crippen molar-refractivity contribution in [3.8, 4) is 0 Å². The van der Waals surface area contributed by atoms with E-state index in [2.05, 4.69) is 11.1 Å². The Morgan fingerprint density at radius 3 is 3.00 bits per heavy atom. The molecule has 0 bridgehead atoms. The minimum atomic E-state index is 0.390. The molecule has 0 radical (unpaired) electrons. The van der Waals surface area contributed by atoms with E-state index in [-0.39, 0.29) is 0 Å².